The summed E-state index contributed by atoms with van der Waals surface area (Å²) in [4.78, 5) is 18.2. The first-order valence-electron chi connectivity index (χ1n) is 6.38. The van der Waals surface area contributed by atoms with Crippen LogP contribution in [0.3, 0.4) is 0 Å². The van der Waals surface area contributed by atoms with Crippen molar-refractivity contribution in [1.29, 1.82) is 0 Å². The number of nitrogens with zero attached hydrogens (tertiary/aromatic N) is 1. The van der Waals surface area contributed by atoms with Gasteiger partial charge in [0.15, 0.2) is 0 Å². The maximum absolute atomic E-state index is 13.1. The van der Waals surface area contributed by atoms with Crippen LogP contribution in [0.25, 0.3) is 0 Å². The summed E-state index contributed by atoms with van der Waals surface area (Å²) in [5.41, 5.74) is 0.394. The Bertz CT molecular complexity index is 557. The molecule has 2 rings (SSSR count). The fourth-order valence-corrected chi connectivity index (χ4v) is 1.68. The van der Waals surface area contributed by atoms with Crippen LogP contribution in [0, 0.1) is 5.82 Å². The molecule has 0 bridgehead atoms. The number of ether oxygens (including phenoxy) is 1. The van der Waals surface area contributed by atoms with E-state index in [9.17, 15) is 9.18 Å². The lowest BCUT2D eigenvalue weighted by atomic mass is 10.2. The maximum Gasteiger partial charge on any atom is 0.269 e. The Morgan fingerprint density at radius 1 is 1.55 bits per heavy atom. The first kappa shape index (κ1) is 14.0. The summed E-state index contributed by atoms with van der Waals surface area (Å²) in [6, 6.07) is 5.94. The molecule has 0 saturated heterocycles. The number of halogens is 1. The second kappa shape index (κ2) is 6.70. The molecule has 1 unspecified atom stereocenters. The number of carbonyl (C=O) groups is 1. The van der Waals surface area contributed by atoms with E-state index in [1.807, 2.05) is 6.92 Å². The number of hydrogen-bond donors (Lipinski definition) is 2. The molecule has 6 heteroatoms. The van der Waals surface area contributed by atoms with Crippen molar-refractivity contribution >= 4 is 5.91 Å². The molecule has 20 heavy (non-hydrogen) atoms. The van der Waals surface area contributed by atoms with Crippen molar-refractivity contribution in [3.05, 3.63) is 48.3 Å². The van der Waals surface area contributed by atoms with Crippen LogP contribution in [-0.4, -0.2) is 28.5 Å². The molecule has 1 heterocycles. The molecule has 0 spiro atoms. The van der Waals surface area contributed by atoms with Crippen LogP contribution in [0.15, 0.2) is 36.8 Å². The average Bonchev–Trinajstić information content (AvgIpc) is 2.97. The van der Waals surface area contributed by atoms with E-state index in [2.05, 4.69) is 15.3 Å². The fourth-order valence-electron chi connectivity index (χ4n) is 1.68. The quantitative estimate of drug-likeness (QED) is 0.850. The van der Waals surface area contributed by atoms with Gasteiger partial charge in [0, 0.05) is 6.07 Å². The van der Waals surface area contributed by atoms with Gasteiger partial charge in [-0.25, -0.2) is 9.37 Å². The highest BCUT2D eigenvalue weighted by Gasteiger charge is 2.12. The first-order chi connectivity index (χ1) is 9.69. The molecule has 1 amide bonds. The predicted molar refractivity (Wildman–Crippen MR) is 72.0 cm³/mol. The van der Waals surface area contributed by atoms with E-state index in [1.165, 1.54) is 24.7 Å². The molecule has 1 aromatic carbocycles. The molecule has 0 aliphatic rings. The van der Waals surface area contributed by atoms with Gasteiger partial charge in [-0.2, -0.15) is 0 Å². The Kier molecular flexibility index (Phi) is 4.70. The minimum absolute atomic E-state index is 0.219. The van der Waals surface area contributed by atoms with Crippen molar-refractivity contribution in [2.75, 3.05) is 6.54 Å². The highest BCUT2D eigenvalue weighted by atomic mass is 19.1. The van der Waals surface area contributed by atoms with Gasteiger partial charge in [-0.05, 0) is 18.6 Å². The number of aromatic nitrogens is 2. The summed E-state index contributed by atoms with van der Waals surface area (Å²) in [5.74, 6) is -0.143. The molecule has 2 aromatic rings. The van der Waals surface area contributed by atoms with Gasteiger partial charge in [0.1, 0.15) is 23.4 Å². The lowest BCUT2D eigenvalue weighted by Gasteiger charge is -2.18. The molecule has 106 valence electrons. The fraction of sp³-hybridized carbons (Fsp3) is 0.286. The smallest absolute Gasteiger partial charge is 0.269 e. The predicted octanol–water partition coefficient (Wildman–Crippen LogP) is 2.14. The summed E-state index contributed by atoms with van der Waals surface area (Å²) in [6.07, 6.45) is 3.36. The van der Waals surface area contributed by atoms with Gasteiger partial charge in [0.2, 0.25) is 0 Å². The number of aromatic amines is 1. The third kappa shape index (κ3) is 3.81. The van der Waals surface area contributed by atoms with Crippen molar-refractivity contribution in [1.82, 2.24) is 15.3 Å². The van der Waals surface area contributed by atoms with Crippen LogP contribution in [0.5, 0.6) is 5.75 Å². The lowest BCUT2D eigenvalue weighted by Crippen LogP contribution is -2.35. The molecule has 0 aliphatic heterocycles. The van der Waals surface area contributed by atoms with E-state index in [0.29, 0.717) is 24.4 Å². The van der Waals surface area contributed by atoms with E-state index in [4.69, 9.17) is 4.74 Å². The maximum atomic E-state index is 13.1. The average molecular weight is 277 g/mol. The number of H-pyrrole nitrogens is 1. The van der Waals surface area contributed by atoms with Crippen molar-refractivity contribution < 1.29 is 13.9 Å². The zero-order valence-corrected chi connectivity index (χ0v) is 11.1. The van der Waals surface area contributed by atoms with Crippen LogP contribution >= 0.6 is 0 Å². The van der Waals surface area contributed by atoms with E-state index >= 15 is 0 Å². The van der Waals surface area contributed by atoms with Gasteiger partial charge < -0.3 is 15.0 Å². The SMILES string of the molecule is CCC(CNC(=O)c1cnc[nH]1)Oc1cccc(F)c1. The van der Waals surface area contributed by atoms with Crippen LogP contribution < -0.4 is 10.1 Å². The molecule has 2 N–H and O–H groups in total. The van der Waals surface area contributed by atoms with E-state index in [1.54, 1.807) is 12.1 Å². The minimum Gasteiger partial charge on any atom is -0.489 e. The number of imidazole rings is 1. The van der Waals surface area contributed by atoms with Gasteiger partial charge in [0.05, 0.1) is 19.1 Å². The minimum atomic E-state index is -0.348. The van der Waals surface area contributed by atoms with Gasteiger partial charge in [-0.15, -0.1) is 0 Å². The normalized spacial score (nSPS) is 11.9. The Labute approximate surface area is 116 Å². The van der Waals surface area contributed by atoms with Crippen molar-refractivity contribution in [2.24, 2.45) is 0 Å². The summed E-state index contributed by atoms with van der Waals surface area (Å²) in [5, 5.41) is 2.74. The van der Waals surface area contributed by atoms with E-state index < -0.39 is 0 Å². The molecule has 0 aliphatic carbocycles. The van der Waals surface area contributed by atoms with Crippen molar-refractivity contribution in [2.45, 2.75) is 19.4 Å². The Hall–Kier alpha value is -2.37. The number of carbonyl (C=O) groups excluding carboxylic acids is 1. The summed E-state index contributed by atoms with van der Waals surface area (Å²) in [7, 11) is 0. The molecular formula is C14H16FN3O2. The second-order valence-corrected chi connectivity index (χ2v) is 4.28. The Balaban J connectivity index is 1.88. The molecule has 0 fully saturated rings. The van der Waals surface area contributed by atoms with Gasteiger partial charge in [-0.1, -0.05) is 13.0 Å². The lowest BCUT2D eigenvalue weighted by molar-refractivity contribution is 0.0921. The highest BCUT2D eigenvalue weighted by Crippen LogP contribution is 2.14. The first-order valence-corrected chi connectivity index (χ1v) is 6.38. The highest BCUT2D eigenvalue weighted by molar-refractivity contribution is 5.91. The van der Waals surface area contributed by atoms with Crippen LogP contribution in [0.2, 0.25) is 0 Å². The summed E-state index contributed by atoms with van der Waals surface area (Å²) < 4.78 is 18.7. The van der Waals surface area contributed by atoms with E-state index in [-0.39, 0.29) is 17.8 Å². The van der Waals surface area contributed by atoms with Crippen LogP contribution in [0.4, 0.5) is 4.39 Å². The second-order valence-electron chi connectivity index (χ2n) is 4.28. The van der Waals surface area contributed by atoms with Crippen LogP contribution in [-0.2, 0) is 0 Å². The van der Waals surface area contributed by atoms with Crippen LogP contribution in [0.1, 0.15) is 23.8 Å². The standard InChI is InChI=1S/C14H16FN3O2/c1-2-11(20-12-5-3-4-10(15)6-12)7-17-14(19)13-8-16-9-18-13/h3-6,8-9,11H,2,7H2,1H3,(H,16,18)(H,17,19). The monoisotopic (exact) mass is 277 g/mol. The number of hydrogen-bond acceptors (Lipinski definition) is 3. The van der Waals surface area contributed by atoms with Crippen molar-refractivity contribution in [3.8, 4) is 5.75 Å². The third-order valence-corrected chi connectivity index (χ3v) is 2.79. The topological polar surface area (TPSA) is 67.0 Å². The molecule has 1 aromatic heterocycles. The number of benzene rings is 1. The number of nitrogens with one attached hydrogen (secondary N) is 2. The summed E-state index contributed by atoms with van der Waals surface area (Å²) >= 11 is 0. The Morgan fingerprint density at radius 3 is 3.05 bits per heavy atom. The third-order valence-electron chi connectivity index (χ3n) is 2.79. The van der Waals surface area contributed by atoms with Crippen molar-refractivity contribution in [3.63, 3.8) is 0 Å². The zero-order valence-electron chi connectivity index (χ0n) is 11.1. The number of rotatable bonds is 6. The van der Waals surface area contributed by atoms with E-state index in [0.717, 1.165) is 0 Å². The molecular weight excluding hydrogens is 261 g/mol. The molecule has 1 atom stereocenters. The Morgan fingerprint density at radius 2 is 2.40 bits per heavy atom. The largest absolute Gasteiger partial charge is 0.489 e. The number of amides is 1. The summed E-state index contributed by atoms with van der Waals surface area (Å²) in [6.45, 7) is 2.27. The van der Waals surface area contributed by atoms with Gasteiger partial charge >= 0.3 is 0 Å². The zero-order chi connectivity index (χ0) is 14.4. The van der Waals surface area contributed by atoms with Gasteiger partial charge in [0.25, 0.3) is 5.91 Å². The molecule has 0 saturated carbocycles. The molecule has 5 nitrogen and oxygen atoms in total. The molecule has 0 radical (unpaired) electrons. The van der Waals surface area contributed by atoms with Gasteiger partial charge in [-0.3, -0.25) is 4.79 Å².